The largest absolute Gasteiger partial charge is 0.505 e. The summed E-state index contributed by atoms with van der Waals surface area (Å²) in [6, 6.07) is 11.9. The maximum atomic E-state index is 13.1. The molecule has 0 saturated carbocycles. The van der Waals surface area contributed by atoms with E-state index in [2.05, 4.69) is 15.9 Å². The number of benzene rings is 2. The van der Waals surface area contributed by atoms with Gasteiger partial charge < -0.3 is 5.11 Å². The molecule has 0 bridgehead atoms. The molecule has 0 aliphatic heterocycles. The van der Waals surface area contributed by atoms with Gasteiger partial charge in [0.05, 0.1) is 0 Å². The highest BCUT2D eigenvalue weighted by atomic mass is 79.9. The van der Waals surface area contributed by atoms with E-state index in [1.54, 1.807) is 6.07 Å². The van der Waals surface area contributed by atoms with Gasteiger partial charge in [0.1, 0.15) is 0 Å². The average molecular weight is 267 g/mol. The number of hydrogen-bond donors (Lipinski definition) is 1. The van der Waals surface area contributed by atoms with Crippen molar-refractivity contribution in [3.8, 4) is 16.9 Å². The van der Waals surface area contributed by atoms with Crippen LogP contribution in [-0.2, 0) is 0 Å². The number of phenolic OH excluding ortho intramolecular Hbond substituents is 1. The van der Waals surface area contributed by atoms with Crippen LogP contribution in [-0.4, -0.2) is 5.11 Å². The molecule has 2 rings (SSSR count). The van der Waals surface area contributed by atoms with Crippen molar-refractivity contribution >= 4 is 15.9 Å². The Morgan fingerprint density at radius 2 is 1.53 bits per heavy atom. The minimum Gasteiger partial charge on any atom is -0.505 e. The lowest BCUT2D eigenvalue weighted by molar-refractivity contribution is 0.432. The minimum atomic E-state index is -0.601. The lowest BCUT2D eigenvalue weighted by atomic mass is 10.1. The molecule has 15 heavy (non-hydrogen) atoms. The Balaban J connectivity index is 2.45. The second kappa shape index (κ2) is 4.03. The van der Waals surface area contributed by atoms with Gasteiger partial charge in [0.25, 0.3) is 0 Å². The lowest BCUT2D eigenvalue weighted by Crippen LogP contribution is -1.80. The molecule has 0 spiro atoms. The number of hydrogen-bond acceptors (Lipinski definition) is 1. The molecule has 0 aliphatic carbocycles. The Labute approximate surface area is 95.3 Å². The Kier molecular flexibility index (Phi) is 2.73. The van der Waals surface area contributed by atoms with Gasteiger partial charge in [0, 0.05) is 4.47 Å². The number of rotatable bonds is 1. The van der Waals surface area contributed by atoms with Crippen molar-refractivity contribution in [2.45, 2.75) is 0 Å². The van der Waals surface area contributed by atoms with E-state index < -0.39 is 5.82 Å². The van der Waals surface area contributed by atoms with E-state index in [9.17, 15) is 4.39 Å². The van der Waals surface area contributed by atoms with Crippen molar-refractivity contribution < 1.29 is 9.50 Å². The molecule has 0 amide bonds. The molecule has 1 nitrogen and oxygen atoms in total. The van der Waals surface area contributed by atoms with Gasteiger partial charge in [-0.1, -0.05) is 34.1 Å². The predicted molar refractivity (Wildman–Crippen MR) is 61.2 cm³/mol. The SMILES string of the molecule is Oc1ccc(-c2ccc(Br)cc2)cc1F. The van der Waals surface area contributed by atoms with Gasteiger partial charge in [-0.2, -0.15) is 0 Å². The van der Waals surface area contributed by atoms with E-state index in [-0.39, 0.29) is 5.75 Å². The summed E-state index contributed by atoms with van der Waals surface area (Å²) in [6.45, 7) is 0. The molecule has 0 heterocycles. The van der Waals surface area contributed by atoms with Crippen LogP contribution in [0.2, 0.25) is 0 Å². The van der Waals surface area contributed by atoms with Gasteiger partial charge >= 0.3 is 0 Å². The topological polar surface area (TPSA) is 20.2 Å². The number of phenols is 1. The molecule has 0 aromatic heterocycles. The van der Waals surface area contributed by atoms with Crippen LogP contribution in [0.5, 0.6) is 5.75 Å². The van der Waals surface area contributed by atoms with Gasteiger partial charge in [-0.25, -0.2) is 4.39 Å². The highest BCUT2D eigenvalue weighted by Gasteiger charge is 2.03. The molecule has 2 aromatic rings. The molecule has 76 valence electrons. The Morgan fingerprint density at radius 3 is 2.13 bits per heavy atom. The molecule has 3 heteroatoms. The number of halogens is 2. The monoisotopic (exact) mass is 266 g/mol. The molecule has 2 aromatic carbocycles. The van der Waals surface area contributed by atoms with E-state index in [1.807, 2.05) is 24.3 Å². The quantitative estimate of drug-likeness (QED) is 0.829. The van der Waals surface area contributed by atoms with Crippen LogP contribution < -0.4 is 0 Å². The summed E-state index contributed by atoms with van der Waals surface area (Å²) in [7, 11) is 0. The highest BCUT2D eigenvalue weighted by molar-refractivity contribution is 9.10. The predicted octanol–water partition coefficient (Wildman–Crippen LogP) is 3.96. The summed E-state index contributed by atoms with van der Waals surface area (Å²) < 4.78 is 14.1. The first kappa shape index (κ1) is 10.2. The summed E-state index contributed by atoms with van der Waals surface area (Å²) in [5, 5.41) is 9.05. The molecule has 0 aliphatic rings. The first-order valence-electron chi connectivity index (χ1n) is 4.41. The molecular formula is C12H8BrFO. The van der Waals surface area contributed by atoms with E-state index in [4.69, 9.17) is 5.11 Å². The Hall–Kier alpha value is -1.35. The molecule has 0 unspecified atom stereocenters. The summed E-state index contributed by atoms with van der Waals surface area (Å²) in [5.41, 5.74) is 1.66. The summed E-state index contributed by atoms with van der Waals surface area (Å²) in [6.07, 6.45) is 0. The zero-order valence-electron chi connectivity index (χ0n) is 7.74. The normalized spacial score (nSPS) is 10.3. The first-order chi connectivity index (χ1) is 7.16. The third kappa shape index (κ3) is 2.18. The van der Waals surface area contributed by atoms with Gasteiger partial charge in [-0.05, 0) is 35.4 Å². The van der Waals surface area contributed by atoms with Crippen molar-refractivity contribution in [1.29, 1.82) is 0 Å². The van der Waals surface area contributed by atoms with Crippen molar-refractivity contribution in [3.63, 3.8) is 0 Å². The van der Waals surface area contributed by atoms with Crippen LogP contribution in [0.4, 0.5) is 4.39 Å². The van der Waals surface area contributed by atoms with Crippen LogP contribution in [0.1, 0.15) is 0 Å². The van der Waals surface area contributed by atoms with Crippen molar-refractivity contribution in [3.05, 3.63) is 52.8 Å². The fraction of sp³-hybridized carbons (Fsp3) is 0. The van der Waals surface area contributed by atoms with Gasteiger partial charge in [0.2, 0.25) is 0 Å². The molecule has 1 N–H and O–H groups in total. The standard InChI is InChI=1S/C12H8BrFO/c13-10-4-1-8(2-5-10)9-3-6-12(15)11(14)7-9/h1-7,15H. The summed E-state index contributed by atoms with van der Waals surface area (Å²) in [4.78, 5) is 0. The minimum absolute atomic E-state index is 0.323. The van der Waals surface area contributed by atoms with Gasteiger partial charge in [0.15, 0.2) is 11.6 Å². The molecule has 0 fully saturated rings. The summed E-state index contributed by atoms with van der Waals surface area (Å²) in [5.74, 6) is -0.925. The first-order valence-corrected chi connectivity index (χ1v) is 5.20. The number of aromatic hydroxyl groups is 1. The zero-order valence-corrected chi connectivity index (χ0v) is 9.33. The fourth-order valence-corrected chi connectivity index (χ4v) is 1.59. The maximum absolute atomic E-state index is 13.1. The van der Waals surface area contributed by atoms with Crippen molar-refractivity contribution in [1.82, 2.24) is 0 Å². The van der Waals surface area contributed by atoms with E-state index >= 15 is 0 Å². The highest BCUT2D eigenvalue weighted by Crippen LogP contribution is 2.25. The van der Waals surface area contributed by atoms with E-state index in [1.165, 1.54) is 12.1 Å². The van der Waals surface area contributed by atoms with Crippen LogP contribution in [0.3, 0.4) is 0 Å². The average Bonchev–Trinajstić information content (AvgIpc) is 2.23. The van der Waals surface area contributed by atoms with Crippen LogP contribution in [0.25, 0.3) is 11.1 Å². The van der Waals surface area contributed by atoms with Crippen molar-refractivity contribution in [2.24, 2.45) is 0 Å². The van der Waals surface area contributed by atoms with Gasteiger partial charge in [-0.3, -0.25) is 0 Å². The van der Waals surface area contributed by atoms with Crippen LogP contribution >= 0.6 is 15.9 Å². The molecular weight excluding hydrogens is 259 g/mol. The van der Waals surface area contributed by atoms with Crippen molar-refractivity contribution in [2.75, 3.05) is 0 Å². The fourth-order valence-electron chi connectivity index (χ4n) is 1.33. The van der Waals surface area contributed by atoms with Gasteiger partial charge in [-0.15, -0.1) is 0 Å². The molecule has 0 saturated heterocycles. The maximum Gasteiger partial charge on any atom is 0.165 e. The second-order valence-corrected chi connectivity index (χ2v) is 4.09. The molecule has 0 radical (unpaired) electrons. The molecule has 0 atom stereocenters. The smallest absolute Gasteiger partial charge is 0.165 e. The third-order valence-corrected chi connectivity index (χ3v) is 2.65. The van der Waals surface area contributed by atoms with Crippen LogP contribution in [0, 0.1) is 5.82 Å². The lowest BCUT2D eigenvalue weighted by Gasteiger charge is -2.02. The van der Waals surface area contributed by atoms with Crippen LogP contribution in [0.15, 0.2) is 46.9 Å². The summed E-state index contributed by atoms with van der Waals surface area (Å²) >= 11 is 3.33. The second-order valence-electron chi connectivity index (χ2n) is 3.17. The van der Waals surface area contributed by atoms with E-state index in [0.29, 0.717) is 0 Å². The Morgan fingerprint density at radius 1 is 0.933 bits per heavy atom. The third-order valence-electron chi connectivity index (χ3n) is 2.13. The van der Waals surface area contributed by atoms with E-state index in [0.717, 1.165) is 15.6 Å². The zero-order chi connectivity index (χ0) is 10.8. The Bertz CT molecular complexity index is 479.